The number of rotatable bonds is 5. The average molecular weight is 251 g/mol. The fourth-order valence-corrected chi connectivity index (χ4v) is 1.59. The van der Waals surface area contributed by atoms with Crippen LogP contribution in [0.4, 0.5) is 11.4 Å². The van der Waals surface area contributed by atoms with Gasteiger partial charge in [0.25, 0.3) is 0 Å². The Labute approximate surface area is 108 Å². The highest BCUT2D eigenvalue weighted by atomic mass is 16.3. The number of carbonyl (C=O) groups excluding carboxylic acids is 1. The summed E-state index contributed by atoms with van der Waals surface area (Å²) in [5.41, 5.74) is 6.95. The smallest absolute Gasteiger partial charge is 0.241 e. The molecule has 1 aromatic rings. The molecule has 5 nitrogen and oxygen atoms in total. The maximum atomic E-state index is 12.0. The van der Waals surface area contributed by atoms with Gasteiger partial charge in [-0.2, -0.15) is 0 Å². The lowest BCUT2D eigenvalue weighted by molar-refractivity contribution is -0.120. The summed E-state index contributed by atoms with van der Waals surface area (Å²) < 4.78 is 0. The van der Waals surface area contributed by atoms with E-state index in [-0.39, 0.29) is 11.9 Å². The van der Waals surface area contributed by atoms with Gasteiger partial charge in [0.15, 0.2) is 0 Å². The van der Waals surface area contributed by atoms with Crippen LogP contribution in [0, 0.1) is 0 Å². The summed E-state index contributed by atoms with van der Waals surface area (Å²) in [6, 6.07) is 6.68. The molecule has 4 N–H and O–H groups in total. The lowest BCUT2D eigenvalue weighted by Crippen LogP contribution is -2.42. The van der Waals surface area contributed by atoms with E-state index in [1.54, 1.807) is 50.1 Å². The number of nitrogens with zero attached hydrogens (tertiary/aromatic N) is 1. The standard InChI is InChI=1S/C13H21N3O2/c1-9(17)8-16(3)10(2)13(18)15-12-6-4-11(14)5-7-12/h4-7,9-10,17H,8,14H2,1-3H3,(H,15,18). The molecule has 1 rings (SSSR count). The number of nitrogens with one attached hydrogen (secondary N) is 1. The molecule has 18 heavy (non-hydrogen) atoms. The quantitative estimate of drug-likeness (QED) is 0.680. The predicted molar refractivity (Wildman–Crippen MR) is 73.3 cm³/mol. The number of nitrogens with two attached hydrogens (primary N) is 1. The maximum absolute atomic E-state index is 12.0. The van der Waals surface area contributed by atoms with Crippen LogP contribution < -0.4 is 11.1 Å². The van der Waals surface area contributed by atoms with Crippen LogP contribution in [0.2, 0.25) is 0 Å². The van der Waals surface area contributed by atoms with Crippen molar-refractivity contribution >= 4 is 17.3 Å². The molecule has 0 aliphatic carbocycles. The Morgan fingerprint density at radius 1 is 1.39 bits per heavy atom. The monoisotopic (exact) mass is 251 g/mol. The summed E-state index contributed by atoms with van der Waals surface area (Å²) >= 11 is 0. The minimum Gasteiger partial charge on any atom is -0.399 e. The predicted octanol–water partition coefficient (Wildman–Crippen LogP) is 0.908. The van der Waals surface area contributed by atoms with Crippen LogP contribution in [-0.4, -0.2) is 41.7 Å². The maximum Gasteiger partial charge on any atom is 0.241 e. The molecule has 0 bridgehead atoms. The van der Waals surface area contributed by atoms with Crippen LogP contribution in [0.15, 0.2) is 24.3 Å². The van der Waals surface area contributed by atoms with E-state index in [2.05, 4.69) is 5.32 Å². The summed E-state index contributed by atoms with van der Waals surface area (Å²) in [6.45, 7) is 3.95. The zero-order valence-corrected chi connectivity index (χ0v) is 11.1. The van der Waals surface area contributed by atoms with Crippen molar-refractivity contribution in [2.24, 2.45) is 0 Å². The van der Waals surface area contributed by atoms with Gasteiger partial charge in [0, 0.05) is 17.9 Å². The second-order valence-corrected chi connectivity index (χ2v) is 4.58. The topological polar surface area (TPSA) is 78.6 Å². The van der Waals surface area contributed by atoms with Gasteiger partial charge in [-0.1, -0.05) is 0 Å². The second kappa shape index (κ2) is 6.37. The number of benzene rings is 1. The molecule has 100 valence electrons. The molecule has 2 unspecified atom stereocenters. The van der Waals surface area contributed by atoms with E-state index in [4.69, 9.17) is 5.73 Å². The van der Waals surface area contributed by atoms with Gasteiger partial charge in [-0.05, 0) is 45.2 Å². The molecule has 0 radical (unpaired) electrons. The van der Waals surface area contributed by atoms with Gasteiger partial charge >= 0.3 is 0 Å². The van der Waals surface area contributed by atoms with E-state index >= 15 is 0 Å². The Morgan fingerprint density at radius 3 is 2.44 bits per heavy atom. The van der Waals surface area contributed by atoms with E-state index in [0.29, 0.717) is 17.9 Å². The van der Waals surface area contributed by atoms with E-state index in [9.17, 15) is 9.90 Å². The Balaban J connectivity index is 2.56. The lowest BCUT2D eigenvalue weighted by Gasteiger charge is -2.24. The first-order valence-corrected chi connectivity index (χ1v) is 5.95. The van der Waals surface area contributed by atoms with Gasteiger partial charge in [-0.25, -0.2) is 0 Å². The molecule has 2 atom stereocenters. The Morgan fingerprint density at radius 2 is 1.94 bits per heavy atom. The van der Waals surface area contributed by atoms with Crippen molar-refractivity contribution in [2.45, 2.75) is 26.0 Å². The first-order valence-electron chi connectivity index (χ1n) is 5.95. The average Bonchev–Trinajstić information content (AvgIpc) is 2.30. The largest absolute Gasteiger partial charge is 0.399 e. The molecule has 0 saturated carbocycles. The number of carbonyl (C=O) groups is 1. The van der Waals surface area contributed by atoms with E-state index < -0.39 is 6.10 Å². The molecule has 0 aliphatic rings. The third-order valence-electron chi connectivity index (χ3n) is 2.77. The Hall–Kier alpha value is -1.59. The molecule has 0 aromatic heterocycles. The van der Waals surface area contributed by atoms with E-state index in [0.717, 1.165) is 0 Å². The van der Waals surface area contributed by atoms with Gasteiger partial charge in [0.05, 0.1) is 12.1 Å². The summed E-state index contributed by atoms with van der Waals surface area (Å²) in [5.74, 6) is -0.108. The van der Waals surface area contributed by atoms with Crippen molar-refractivity contribution in [3.05, 3.63) is 24.3 Å². The highest BCUT2D eigenvalue weighted by Gasteiger charge is 2.18. The zero-order chi connectivity index (χ0) is 13.7. The third-order valence-corrected chi connectivity index (χ3v) is 2.77. The number of hydrogen-bond acceptors (Lipinski definition) is 4. The SMILES string of the molecule is CC(O)CN(C)C(C)C(=O)Nc1ccc(N)cc1. The van der Waals surface area contributed by atoms with Gasteiger partial charge < -0.3 is 16.2 Å². The molecule has 0 fully saturated rings. The van der Waals surface area contributed by atoms with Crippen LogP contribution in [-0.2, 0) is 4.79 Å². The van der Waals surface area contributed by atoms with Gasteiger partial charge in [0.1, 0.15) is 0 Å². The van der Waals surface area contributed by atoms with Gasteiger partial charge in [-0.3, -0.25) is 9.69 Å². The third kappa shape index (κ3) is 4.35. The molecular weight excluding hydrogens is 230 g/mol. The second-order valence-electron chi connectivity index (χ2n) is 4.58. The highest BCUT2D eigenvalue weighted by Crippen LogP contribution is 2.11. The number of aliphatic hydroxyl groups is 1. The highest BCUT2D eigenvalue weighted by molar-refractivity contribution is 5.94. The number of anilines is 2. The van der Waals surface area contributed by atoms with Crippen molar-refractivity contribution in [3.63, 3.8) is 0 Å². The molecule has 5 heteroatoms. The first-order chi connectivity index (χ1) is 8.40. The van der Waals surface area contributed by atoms with Crippen LogP contribution in [0.1, 0.15) is 13.8 Å². The van der Waals surface area contributed by atoms with Crippen molar-refractivity contribution < 1.29 is 9.90 Å². The van der Waals surface area contributed by atoms with Crippen LogP contribution in [0.5, 0.6) is 0 Å². The number of nitrogen functional groups attached to an aromatic ring is 1. The molecular formula is C13H21N3O2. The Kier molecular flexibility index (Phi) is 5.12. The Bertz CT molecular complexity index is 390. The summed E-state index contributed by atoms with van der Waals surface area (Å²) in [4.78, 5) is 13.8. The van der Waals surface area contributed by atoms with Crippen molar-refractivity contribution in [3.8, 4) is 0 Å². The number of aliphatic hydroxyl groups excluding tert-OH is 1. The molecule has 0 spiro atoms. The lowest BCUT2D eigenvalue weighted by atomic mass is 10.2. The summed E-state index contributed by atoms with van der Waals surface area (Å²) in [7, 11) is 1.81. The van der Waals surface area contributed by atoms with Crippen LogP contribution >= 0.6 is 0 Å². The van der Waals surface area contributed by atoms with E-state index in [1.807, 2.05) is 0 Å². The number of amides is 1. The fourth-order valence-electron chi connectivity index (χ4n) is 1.59. The van der Waals surface area contributed by atoms with E-state index in [1.165, 1.54) is 0 Å². The first kappa shape index (κ1) is 14.5. The molecule has 1 amide bonds. The van der Waals surface area contributed by atoms with Crippen molar-refractivity contribution in [1.82, 2.24) is 4.90 Å². The normalized spacial score (nSPS) is 14.3. The summed E-state index contributed by atoms with van der Waals surface area (Å²) in [6.07, 6.45) is -0.457. The molecule has 0 heterocycles. The molecule has 0 saturated heterocycles. The summed E-state index contributed by atoms with van der Waals surface area (Å²) in [5, 5.41) is 12.1. The van der Waals surface area contributed by atoms with Gasteiger partial charge in [-0.15, -0.1) is 0 Å². The minimum absolute atomic E-state index is 0.108. The number of hydrogen-bond donors (Lipinski definition) is 3. The molecule has 1 aromatic carbocycles. The van der Waals surface area contributed by atoms with Crippen molar-refractivity contribution in [1.29, 1.82) is 0 Å². The van der Waals surface area contributed by atoms with Crippen LogP contribution in [0.25, 0.3) is 0 Å². The minimum atomic E-state index is -0.457. The molecule has 0 aliphatic heterocycles. The number of likely N-dealkylation sites (N-methyl/N-ethyl adjacent to an activating group) is 1. The fraction of sp³-hybridized carbons (Fsp3) is 0.462. The zero-order valence-electron chi connectivity index (χ0n) is 11.1. The van der Waals surface area contributed by atoms with Crippen molar-refractivity contribution in [2.75, 3.05) is 24.6 Å². The van der Waals surface area contributed by atoms with Gasteiger partial charge in [0.2, 0.25) is 5.91 Å². The van der Waals surface area contributed by atoms with Crippen LogP contribution in [0.3, 0.4) is 0 Å².